The van der Waals surface area contributed by atoms with E-state index in [9.17, 15) is 4.79 Å². The van der Waals surface area contributed by atoms with Gasteiger partial charge in [-0.2, -0.15) is 0 Å². The zero-order valence-electron chi connectivity index (χ0n) is 13.5. The molecule has 7 heteroatoms. The van der Waals surface area contributed by atoms with Gasteiger partial charge in [0.15, 0.2) is 0 Å². The van der Waals surface area contributed by atoms with Crippen LogP contribution in [-0.4, -0.2) is 62.8 Å². The van der Waals surface area contributed by atoms with Crippen LogP contribution in [0, 0.1) is 5.92 Å². The molecule has 5 nitrogen and oxygen atoms in total. The minimum atomic E-state index is 0. The highest BCUT2D eigenvalue weighted by molar-refractivity contribution is 5.85. The van der Waals surface area contributed by atoms with E-state index in [0.29, 0.717) is 31.7 Å². The van der Waals surface area contributed by atoms with Gasteiger partial charge < -0.3 is 15.4 Å². The normalized spacial score (nSPS) is 25.7. The molecule has 1 saturated carbocycles. The van der Waals surface area contributed by atoms with Crippen molar-refractivity contribution in [2.75, 3.05) is 45.9 Å². The molecule has 1 aliphatic heterocycles. The van der Waals surface area contributed by atoms with Crippen LogP contribution in [0.3, 0.4) is 0 Å². The van der Waals surface area contributed by atoms with E-state index in [1.54, 1.807) is 0 Å². The number of carbonyl (C=O) groups excluding carboxylic acids is 1. The van der Waals surface area contributed by atoms with Crippen molar-refractivity contribution in [2.24, 2.45) is 5.92 Å². The Morgan fingerprint density at radius 3 is 2.59 bits per heavy atom. The van der Waals surface area contributed by atoms with Crippen molar-refractivity contribution in [3.8, 4) is 0 Å². The van der Waals surface area contributed by atoms with Gasteiger partial charge in [-0.05, 0) is 18.8 Å². The summed E-state index contributed by atoms with van der Waals surface area (Å²) in [6.07, 6.45) is 5.47. The number of piperazine rings is 1. The molecule has 1 amide bonds. The molecule has 0 aromatic carbocycles. The summed E-state index contributed by atoms with van der Waals surface area (Å²) in [7, 11) is 0. The van der Waals surface area contributed by atoms with Crippen LogP contribution in [0.25, 0.3) is 0 Å². The van der Waals surface area contributed by atoms with Crippen LogP contribution in [0.5, 0.6) is 0 Å². The second-order valence-corrected chi connectivity index (χ2v) is 6.05. The minimum absolute atomic E-state index is 0. The smallest absolute Gasteiger partial charge is 0.234 e. The number of rotatable bonds is 6. The van der Waals surface area contributed by atoms with Gasteiger partial charge in [0.25, 0.3) is 0 Å². The van der Waals surface area contributed by atoms with E-state index in [-0.39, 0.29) is 30.7 Å². The fraction of sp³-hybridized carbons (Fsp3) is 0.933. The van der Waals surface area contributed by atoms with E-state index in [1.807, 2.05) is 0 Å². The third-order valence-electron chi connectivity index (χ3n) is 4.37. The zero-order chi connectivity index (χ0) is 14.2. The lowest BCUT2D eigenvalue weighted by atomic mass is 9.88. The molecule has 22 heavy (non-hydrogen) atoms. The predicted octanol–water partition coefficient (Wildman–Crippen LogP) is 1.45. The van der Waals surface area contributed by atoms with E-state index in [0.717, 1.165) is 26.2 Å². The monoisotopic (exact) mass is 355 g/mol. The molecule has 2 unspecified atom stereocenters. The summed E-state index contributed by atoms with van der Waals surface area (Å²) in [4.78, 5) is 14.0. The maximum atomic E-state index is 11.8. The molecule has 2 atom stereocenters. The third kappa shape index (κ3) is 7.97. The van der Waals surface area contributed by atoms with Crippen LogP contribution >= 0.6 is 24.8 Å². The molecule has 0 spiro atoms. The summed E-state index contributed by atoms with van der Waals surface area (Å²) in [6, 6.07) is 0. The van der Waals surface area contributed by atoms with Crippen LogP contribution < -0.4 is 10.6 Å². The van der Waals surface area contributed by atoms with Crippen LogP contribution in [-0.2, 0) is 9.53 Å². The molecule has 2 aliphatic rings. The van der Waals surface area contributed by atoms with E-state index < -0.39 is 0 Å². The van der Waals surface area contributed by atoms with Gasteiger partial charge in [-0.3, -0.25) is 9.69 Å². The maximum absolute atomic E-state index is 11.8. The lowest BCUT2D eigenvalue weighted by Crippen LogP contribution is -2.47. The third-order valence-corrected chi connectivity index (χ3v) is 4.37. The van der Waals surface area contributed by atoms with Crippen molar-refractivity contribution >= 4 is 30.7 Å². The second kappa shape index (κ2) is 12.4. The fourth-order valence-corrected chi connectivity index (χ4v) is 3.06. The molecule has 0 radical (unpaired) electrons. The summed E-state index contributed by atoms with van der Waals surface area (Å²) >= 11 is 0. The van der Waals surface area contributed by atoms with Crippen molar-refractivity contribution in [3.63, 3.8) is 0 Å². The molecule has 2 N–H and O–H groups in total. The lowest BCUT2D eigenvalue weighted by Gasteiger charge is -2.29. The average Bonchev–Trinajstić information content (AvgIpc) is 2.46. The fourth-order valence-electron chi connectivity index (χ4n) is 3.06. The van der Waals surface area contributed by atoms with E-state index in [1.165, 1.54) is 25.7 Å². The molecule has 1 heterocycles. The van der Waals surface area contributed by atoms with Gasteiger partial charge in [0.2, 0.25) is 5.91 Å². The molecule has 0 aromatic heterocycles. The molecular weight excluding hydrogens is 325 g/mol. The first-order valence-corrected chi connectivity index (χ1v) is 8.07. The molecular formula is C15H31Cl2N3O2. The van der Waals surface area contributed by atoms with Gasteiger partial charge >= 0.3 is 0 Å². The number of ether oxygens (including phenoxy) is 1. The van der Waals surface area contributed by atoms with Crippen molar-refractivity contribution in [3.05, 3.63) is 0 Å². The largest absolute Gasteiger partial charge is 0.376 e. The topological polar surface area (TPSA) is 53.6 Å². The number of nitrogens with one attached hydrogen (secondary N) is 2. The Morgan fingerprint density at radius 2 is 1.91 bits per heavy atom. The maximum Gasteiger partial charge on any atom is 0.234 e. The number of carbonyl (C=O) groups is 1. The summed E-state index contributed by atoms with van der Waals surface area (Å²) < 4.78 is 5.90. The average molecular weight is 356 g/mol. The van der Waals surface area contributed by atoms with E-state index in [4.69, 9.17) is 4.74 Å². The summed E-state index contributed by atoms with van der Waals surface area (Å²) in [6.45, 7) is 7.95. The van der Waals surface area contributed by atoms with Crippen molar-refractivity contribution in [1.29, 1.82) is 0 Å². The van der Waals surface area contributed by atoms with Crippen molar-refractivity contribution in [1.82, 2.24) is 15.5 Å². The van der Waals surface area contributed by atoms with Gasteiger partial charge in [-0.15, -0.1) is 24.8 Å². The molecule has 2 fully saturated rings. The second-order valence-electron chi connectivity index (χ2n) is 6.05. The van der Waals surface area contributed by atoms with Crippen LogP contribution in [0.2, 0.25) is 0 Å². The predicted molar refractivity (Wildman–Crippen MR) is 94.2 cm³/mol. The first-order valence-electron chi connectivity index (χ1n) is 8.07. The number of halogens is 2. The Balaban J connectivity index is 0.00000220. The Kier molecular flexibility index (Phi) is 12.3. The Hall–Kier alpha value is -0.0700. The lowest BCUT2D eigenvalue weighted by molar-refractivity contribution is -0.122. The highest BCUT2D eigenvalue weighted by Crippen LogP contribution is 2.25. The van der Waals surface area contributed by atoms with Crippen molar-refractivity contribution in [2.45, 2.75) is 38.7 Å². The molecule has 132 valence electrons. The molecule has 0 bridgehead atoms. The highest BCUT2D eigenvalue weighted by atomic mass is 35.5. The van der Waals surface area contributed by atoms with Crippen molar-refractivity contribution < 1.29 is 9.53 Å². The van der Waals surface area contributed by atoms with Gasteiger partial charge in [0.05, 0.1) is 19.3 Å². The van der Waals surface area contributed by atoms with Gasteiger partial charge in [-0.25, -0.2) is 0 Å². The zero-order valence-corrected chi connectivity index (χ0v) is 15.1. The SMILES string of the molecule is CC1CCCCC1OCCNC(=O)CN1CCNCC1.Cl.Cl. The van der Waals surface area contributed by atoms with Gasteiger partial charge in [0.1, 0.15) is 0 Å². The number of amides is 1. The summed E-state index contributed by atoms with van der Waals surface area (Å²) in [5.41, 5.74) is 0. The van der Waals surface area contributed by atoms with Gasteiger partial charge in [-0.1, -0.05) is 19.8 Å². The summed E-state index contributed by atoms with van der Waals surface area (Å²) in [5, 5.41) is 6.25. The summed E-state index contributed by atoms with van der Waals surface area (Å²) in [5.74, 6) is 0.785. The Labute approximate surface area is 146 Å². The quantitative estimate of drug-likeness (QED) is 0.708. The van der Waals surface area contributed by atoms with E-state index in [2.05, 4.69) is 22.5 Å². The first-order chi connectivity index (χ1) is 9.75. The molecule has 0 aromatic rings. The Morgan fingerprint density at radius 1 is 1.23 bits per heavy atom. The number of hydrogen-bond acceptors (Lipinski definition) is 4. The first kappa shape index (κ1) is 21.9. The standard InChI is InChI=1S/C15H29N3O2.2ClH/c1-13-4-2-3-5-14(13)20-11-8-17-15(19)12-18-9-6-16-7-10-18;;/h13-14,16H,2-12H2,1H3,(H,17,19);2*1H. The number of hydrogen-bond donors (Lipinski definition) is 2. The highest BCUT2D eigenvalue weighted by Gasteiger charge is 2.21. The Bertz CT molecular complexity index is 303. The number of nitrogens with zero attached hydrogens (tertiary/aromatic N) is 1. The van der Waals surface area contributed by atoms with Gasteiger partial charge in [0, 0.05) is 32.7 Å². The van der Waals surface area contributed by atoms with E-state index >= 15 is 0 Å². The van der Waals surface area contributed by atoms with Crippen LogP contribution in [0.4, 0.5) is 0 Å². The molecule has 1 aliphatic carbocycles. The minimum Gasteiger partial charge on any atom is -0.376 e. The van der Waals surface area contributed by atoms with Crippen LogP contribution in [0.1, 0.15) is 32.6 Å². The molecule has 2 rings (SSSR count). The molecule has 1 saturated heterocycles. The van der Waals surface area contributed by atoms with Crippen LogP contribution in [0.15, 0.2) is 0 Å².